The Morgan fingerprint density at radius 2 is 1.93 bits per heavy atom. The molecule has 0 aliphatic heterocycles. The maximum absolute atomic E-state index is 12.6. The lowest BCUT2D eigenvalue weighted by molar-refractivity contribution is -0.0500. The van der Waals surface area contributed by atoms with Gasteiger partial charge in [-0.05, 0) is 31.2 Å². The highest BCUT2D eigenvalue weighted by atomic mass is 32.2. The summed E-state index contributed by atoms with van der Waals surface area (Å²) in [5, 5.41) is 0.531. The molecule has 1 aromatic carbocycles. The summed E-state index contributed by atoms with van der Waals surface area (Å²) < 4.78 is 66.6. The molecule has 0 radical (unpaired) electrons. The third-order valence-corrected chi connectivity index (χ3v) is 5.21. The van der Waals surface area contributed by atoms with Crippen molar-refractivity contribution in [2.45, 2.75) is 19.0 Å². The fourth-order valence-electron chi connectivity index (χ4n) is 2.97. The van der Waals surface area contributed by atoms with Crippen LogP contribution >= 0.6 is 0 Å². The number of alkyl halides is 3. The molecule has 0 atom stereocenters. The van der Waals surface area contributed by atoms with Crippen molar-refractivity contribution in [2.24, 2.45) is 0 Å². The highest BCUT2D eigenvalue weighted by Crippen LogP contribution is 2.35. The monoisotopic (exact) mass is 410 g/mol. The number of hydrogen-bond donors (Lipinski definition) is 1. The van der Waals surface area contributed by atoms with Crippen LogP contribution < -0.4 is 4.18 Å². The molecule has 0 saturated carbocycles. The first kappa shape index (κ1) is 18.3. The highest BCUT2D eigenvalue weighted by molar-refractivity contribution is 7.88. The average molecular weight is 410 g/mol. The van der Waals surface area contributed by atoms with Gasteiger partial charge in [0.25, 0.3) is 0 Å². The van der Waals surface area contributed by atoms with E-state index in [1.807, 2.05) is 17.7 Å². The molecule has 4 rings (SSSR count). The van der Waals surface area contributed by atoms with Crippen LogP contribution in [0.3, 0.4) is 0 Å². The first-order valence-electron chi connectivity index (χ1n) is 8.13. The molecule has 1 N–H and O–H groups in total. The fraction of sp³-hybridized carbons (Fsp3) is 0.176. The molecule has 0 aliphatic carbocycles. The Hall–Kier alpha value is -3.08. The molecule has 11 heteroatoms. The Kier molecular flexibility index (Phi) is 4.07. The SMILES string of the molecule is CCn1cc(-c2cc3nccnc3[nH]2)c2cc(OS(=O)(=O)C(F)(F)F)ccc21. The minimum absolute atomic E-state index is 0.424. The second-order valence-electron chi connectivity index (χ2n) is 5.96. The number of halogens is 3. The Morgan fingerprint density at radius 1 is 1.18 bits per heavy atom. The Labute approximate surface area is 156 Å². The molecule has 3 heterocycles. The molecule has 28 heavy (non-hydrogen) atoms. The molecule has 0 aliphatic rings. The van der Waals surface area contributed by atoms with Gasteiger partial charge in [0.2, 0.25) is 0 Å². The van der Waals surface area contributed by atoms with Crippen molar-refractivity contribution >= 4 is 32.2 Å². The van der Waals surface area contributed by atoms with Crippen LogP contribution in [0.25, 0.3) is 33.3 Å². The molecule has 0 fully saturated rings. The number of H-pyrrole nitrogens is 1. The lowest BCUT2D eigenvalue weighted by Crippen LogP contribution is -2.28. The summed E-state index contributed by atoms with van der Waals surface area (Å²) in [4.78, 5) is 11.5. The zero-order chi connectivity index (χ0) is 20.1. The number of rotatable bonds is 4. The van der Waals surface area contributed by atoms with E-state index in [0.29, 0.717) is 39.9 Å². The van der Waals surface area contributed by atoms with Gasteiger partial charge in [-0.2, -0.15) is 21.6 Å². The van der Waals surface area contributed by atoms with Crippen molar-refractivity contribution in [3.05, 3.63) is 42.9 Å². The minimum Gasteiger partial charge on any atom is -0.376 e. The summed E-state index contributed by atoms with van der Waals surface area (Å²) in [6.45, 7) is 2.52. The number of aryl methyl sites for hydroxylation is 1. The Morgan fingerprint density at radius 3 is 2.61 bits per heavy atom. The van der Waals surface area contributed by atoms with Crippen molar-refractivity contribution in [3.63, 3.8) is 0 Å². The van der Waals surface area contributed by atoms with Crippen molar-refractivity contribution in [3.8, 4) is 17.0 Å². The zero-order valence-corrected chi connectivity index (χ0v) is 15.2. The van der Waals surface area contributed by atoms with Gasteiger partial charge in [0, 0.05) is 41.6 Å². The van der Waals surface area contributed by atoms with Crippen molar-refractivity contribution in [1.29, 1.82) is 0 Å². The number of aromatic nitrogens is 4. The van der Waals surface area contributed by atoms with Gasteiger partial charge in [0.1, 0.15) is 11.3 Å². The largest absolute Gasteiger partial charge is 0.534 e. The van der Waals surface area contributed by atoms with Crippen LogP contribution in [0.1, 0.15) is 6.92 Å². The topological polar surface area (TPSA) is 89.9 Å². The van der Waals surface area contributed by atoms with E-state index < -0.39 is 21.4 Å². The molecule has 146 valence electrons. The second kappa shape index (κ2) is 6.23. The normalized spacial score (nSPS) is 12.7. The maximum Gasteiger partial charge on any atom is 0.534 e. The van der Waals surface area contributed by atoms with Crippen molar-refractivity contribution < 1.29 is 25.8 Å². The molecule has 0 bridgehead atoms. The maximum atomic E-state index is 12.6. The predicted molar refractivity (Wildman–Crippen MR) is 96.1 cm³/mol. The third-order valence-electron chi connectivity index (χ3n) is 4.23. The van der Waals surface area contributed by atoms with Gasteiger partial charge in [-0.1, -0.05) is 0 Å². The van der Waals surface area contributed by atoms with Crippen LogP contribution in [0.4, 0.5) is 13.2 Å². The Balaban J connectivity index is 1.87. The molecule has 0 unspecified atom stereocenters. The van der Waals surface area contributed by atoms with Gasteiger partial charge in [-0.3, -0.25) is 4.98 Å². The van der Waals surface area contributed by atoms with Crippen molar-refractivity contribution in [1.82, 2.24) is 19.5 Å². The van der Waals surface area contributed by atoms with Crippen molar-refractivity contribution in [2.75, 3.05) is 0 Å². The van der Waals surface area contributed by atoms with Crippen LogP contribution in [0.5, 0.6) is 5.75 Å². The van der Waals surface area contributed by atoms with Crippen LogP contribution in [0, 0.1) is 0 Å². The van der Waals surface area contributed by atoms with E-state index >= 15 is 0 Å². The number of nitrogens with one attached hydrogen (secondary N) is 1. The first-order chi connectivity index (χ1) is 13.2. The summed E-state index contributed by atoms with van der Waals surface area (Å²) in [5.41, 5.74) is -2.30. The molecular formula is C17H13F3N4O3S. The zero-order valence-electron chi connectivity index (χ0n) is 14.4. The van der Waals surface area contributed by atoms with Gasteiger partial charge in [-0.15, -0.1) is 0 Å². The van der Waals surface area contributed by atoms with Crippen LogP contribution in [0.15, 0.2) is 42.9 Å². The van der Waals surface area contributed by atoms with E-state index in [0.717, 1.165) is 0 Å². The van der Waals surface area contributed by atoms with Gasteiger partial charge >= 0.3 is 15.6 Å². The van der Waals surface area contributed by atoms with E-state index in [1.54, 1.807) is 12.3 Å². The summed E-state index contributed by atoms with van der Waals surface area (Å²) in [7, 11) is -5.75. The highest BCUT2D eigenvalue weighted by Gasteiger charge is 2.48. The van der Waals surface area contributed by atoms with Gasteiger partial charge in [0.15, 0.2) is 5.65 Å². The van der Waals surface area contributed by atoms with Gasteiger partial charge in [0.05, 0.1) is 5.69 Å². The fourth-order valence-corrected chi connectivity index (χ4v) is 3.43. The average Bonchev–Trinajstić information content (AvgIpc) is 3.20. The summed E-state index contributed by atoms with van der Waals surface area (Å²) in [5.74, 6) is -0.424. The predicted octanol–water partition coefficient (Wildman–Crippen LogP) is 3.83. The van der Waals surface area contributed by atoms with E-state index in [4.69, 9.17) is 0 Å². The summed E-state index contributed by atoms with van der Waals surface area (Å²) in [6, 6.07) is 5.74. The quantitative estimate of drug-likeness (QED) is 0.408. The number of hydrogen-bond acceptors (Lipinski definition) is 5. The smallest absolute Gasteiger partial charge is 0.376 e. The Bertz CT molecular complexity index is 1260. The number of benzene rings is 1. The van der Waals surface area contributed by atoms with Crippen LogP contribution in [-0.2, 0) is 16.7 Å². The standard InChI is InChI=1S/C17H13F3N4O3S/c1-2-24-9-12(13-8-14-16(23-13)22-6-5-21-14)11-7-10(3-4-15(11)24)27-28(25,26)17(18,19)20/h3-9H,2H2,1H3,(H,22,23). The second-order valence-corrected chi connectivity index (χ2v) is 7.50. The number of aromatic amines is 1. The molecular weight excluding hydrogens is 397 g/mol. The third kappa shape index (κ3) is 2.97. The number of fused-ring (bicyclic) bond motifs is 2. The summed E-state index contributed by atoms with van der Waals surface area (Å²) in [6.07, 6.45) is 4.90. The molecule has 7 nitrogen and oxygen atoms in total. The molecule has 0 amide bonds. The molecule has 4 aromatic rings. The van der Waals surface area contributed by atoms with E-state index in [2.05, 4.69) is 19.1 Å². The van der Waals surface area contributed by atoms with Crippen LogP contribution in [-0.4, -0.2) is 33.4 Å². The minimum atomic E-state index is -5.75. The van der Waals surface area contributed by atoms with E-state index in [9.17, 15) is 21.6 Å². The van der Waals surface area contributed by atoms with Gasteiger partial charge in [-0.25, -0.2) is 4.98 Å². The molecule has 0 saturated heterocycles. The lowest BCUT2D eigenvalue weighted by atomic mass is 10.1. The first-order valence-corrected chi connectivity index (χ1v) is 9.54. The number of nitrogens with zero attached hydrogens (tertiary/aromatic N) is 3. The molecule has 0 spiro atoms. The summed E-state index contributed by atoms with van der Waals surface area (Å²) >= 11 is 0. The van der Waals surface area contributed by atoms with Gasteiger partial charge < -0.3 is 13.7 Å². The van der Waals surface area contributed by atoms with E-state index in [1.165, 1.54) is 24.4 Å². The van der Waals surface area contributed by atoms with E-state index in [-0.39, 0.29) is 0 Å². The van der Waals surface area contributed by atoms with Crippen LogP contribution in [0.2, 0.25) is 0 Å². The lowest BCUT2D eigenvalue weighted by Gasteiger charge is -2.10. The molecule has 3 aromatic heterocycles.